The minimum absolute atomic E-state index is 0.153. The minimum atomic E-state index is -1.23. The van der Waals surface area contributed by atoms with Gasteiger partial charge in [-0.15, -0.1) is 11.3 Å². The zero-order valence-electron chi connectivity index (χ0n) is 15.9. The molecule has 1 N–H and O–H groups in total. The molecule has 1 heterocycles. The maximum absolute atomic E-state index is 13.3. The first kappa shape index (κ1) is 21.0. The molecule has 1 amide bonds. The van der Waals surface area contributed by atoms with E-state index in [0.717, 1.165) is 24.2 Å². The summed E-state index contributed by atoms with van der Waals surface area (Å²) in [4.78, 5) is 36.8. The average Bonchev–Trinajstić information content (AvgIpc) is 3.12. The molecular formula is C21H21FNO5S-. The van der Waals surface area contributed by atoms with Gasteiger partial charge < -0.3 is 20.0 Å². The molecule has 0 unspecified atom stereocenters. The van der Waals surface area contributed by atoms with E-state index in [-0.39, 0.29) is 17.2 Å². The number of ether oxygens (including phenoxy) is 1. The second-order valence-corrected chi connectivity index (χ2v) is 7.77. The lowest BCUT2D eigenvalue weighted by Crippen LogP contribution is -2.42. The van der Waals surface area contributed by atoms with E-state index in [9.17, 15) is 23.9 Å². The number of amides is 1. The van der Waals surface area contributed by atoms with E-state index < -0.39 is 35.5 Å². The molecule has 2 aromatic rings. The monoisotopic (exact) mass is 418 g/mol. The fourth-order valence-corrected chi connectivity index (χ4v) is 4.59. The summed E-state index contributed by atoms with van der Waals surface area (Å²) in [6.07, 6.45) is 2.36. The van der Waals surface area contributed by atoms with Crippen LogP contribution in [0, 0.1) is 17.7 Å². The Hall–Kier alpha value is -2.74. The molecule has 1 saturated carbocycles. The fourth-order valence-electron chi connectivity index (χ4n) is 3.63. The van der Waals surface area contributed by atoms with Gasteiger partial charge in [0.1, 0.15) is 16.4 Å². The van der Waals surface area contributed by atoms with Crippen LogP contribution in [-0.2, 0) is 14.3 Å². The van der Waals surface area contributed by atoms with Crippen molar-refractivity contribution in [2.24, 2.45) is 11.8 Å². The lowest BCUT2D eigenvalue weighted by atomic mass is 9.79. The number of aliphatic carboxylic acids is 1. The number of carboxylic acid groups (broad SMARTS) is 1. The second-order valence-electron chi connectivity index (χ2n) is 6.89. The van der Waals surface area contributed by atoms with E-state index in [2.05, 4.69) is 5.32 Å². The quantitative estimate of drug-likeness (QED) is 0.727. The molecule has 0 radical (unpaired) electrons. The highest BCUT2D eigenvalue weighted by molar-refractivity contribution is 7.15. The van der Waals surface area contributed by atoms with Crippen molar-refractivity contribution in [2.45, 2.75) is 32.6 Å². The number of carbonyl (C=O) groups is 3. The molecule has 1 aliphatic rings. The smallest absolute Gasteiger partial charge is 0.341 e. The number of benzene rings is 1. The van der Waals surface area contributed by atoms with Gasteiger partial charge in [-0.2, -0.15) is 0 Å². The van der Waals surface area contributed by atoms with E-state index in [0.29, 0.717) is 24.0 Å². The Morgan fingerprint density at radius 1 is 1.17 bits per heavy atom. The molecule has 1 aromatic heterocycles. The first-order valence-corrected chi connectivity index (χ1v) is 10.4. The fraction of sp³-hybridized carbons (Fsp3) is 0.381. The number of esters is 1. The predicted molar refractivity (Wildman–Crippen MR) is 105 cm³/mol. The van der Waals surface area contributed by atoms with Gasteiger partial charge in [0.05, 0.1) is 6.61 Å². The topological polar surface area (TPSA) is 95.5 Å². The zero-order chi connectivity index (χ0) is 21.0. The largest absolute Gasteiger partial charge is 0.550 e. The van der Waals surface area contributed by atoms with Crippen molar-refractivity contribution in [2.75, 3.05) is 11.9 Å². The molecule has 2 atom stereocenters. The van der Waals surface area contributed by atoms with Gasteiger partial charge in [-0.3, -0.25) is 4.79 Å². The standard InChI is InChI=1S/C21H22FNO5S/c1-2-28-21(27)17-16(12-7-9-13(22)10-8-12)11-29-19(17)23-18(24)14-5-3-4-6-15(14)20(25)26/h7-11,14-15H,2-6H2,1H3,(H,23,24)(H,25,26)/p-1/t14-,15+/m1/s1. The lowest BCUT2D eigenvalue weighted by molar-refractivity contribution is -0.313. The SMILES string of the molecule is CCOC(=O)c1c(-c2ccc(F)cc2)csc1NC(=O)[C@@H]1CCCC[C@@H]1C(=O)[O-]. The number of anilines is 1. The highest BCUT2D eigenvalue weighted by atomic mass is 32.1. The Morgan fingerprint density at radius 2 is 1.83 bits per heavy atom. The van der Waals surface area contributed by atoms with E-state index in [1.807, 2.05) is 0 Å². The van der Waals surface area contributed by atoms with Gasteiger partial charge in [0.2, 0.25) is 5.91 Å². The number of hydrogen-bond acceptors (Lipinski definition) is 6. The van der Waals surface area contributed by atoms with Crippen LogP contribution < -0.4 is 10.4 Å². The third-order valence-corrected chi connectivity index (χ3v) is 5.96. The second kappa shape index (κ2) is 9.17. The van der Waals surface area contributed by atoms with Gasteiger partial charge in [0, 0.05) is 28.7 Å². The third kappa shape index (κ3) is 4.64. The Kier molecular flexibility index (Phi) is 6.64. The normalized spacial score (nSPS) is 18.8. The van der Waals surface area contributed by atoms with Crippen molar-refractivity contribution in [3.8, 4) is 11.1 Å². The molecule has 0 bridgehead atoms. The van der Waals surface area contributed by atoms with Crippen LogP contribution in [0.15, 0.2) is 29.6 Å². The molecule has 1 aliphatic carbocycles. The van der Waals surface area contributed by atoms with Crippen LogP contribution in [0.4, 0.5) is 9.39 Å². The number of halogens is 1. The van der Waals surface area contributed by atoms with Gasteiger partial charge in [-0.25, -0.2) is 9.18 Å². The summed E-state index contributed by atoms with van der Waals surface area (Å²) < 4.78 is 18.4. The zero-order valence-corrected chi connectivity index (χ0v) is 16.7. The van der Waals surface area contributed by atoms with E-state index in [4.69, 9.17) is 4.74 Å². The van der Waals surface area contributed by atoms with Gasteiger partial charge in [0.25, 0.3) is 0 Å². The van der Waals surface area contributed by atoms with Crippen LogP contribution >= 0.6 is 11.3 Å². The molecule has 1 aromatic carbocycles. The Balaban J connectivity index is 1.92. The van der Waals surface area contributed by atoms with Gasteiger partial charge in [-0.05, 0) is 37.5 Å². The Bertz CT molecular complexity index is 908. The number of thiophene rings is 1. The highest BCUT2D eigenvalue weighted by Crippen LogP contribution is 2.38. The number of carbonyl (C=O) groups excluding carboxylic acids is 3. The van der Waals surface area contributed by atoms with Crippen LogP contribution in [0.5, 0.6) is 0 Å². The van der Waals surface area contributed by atoms with Crippen molar-refractivity contribution in [3.05, 3.63) is 41.0 Å². The molecular weight excluding hydrogens is 397 g/mol. The van der Waals surface area contributed by atoms with E-state index >= 15 is 0 Å². The summed E-state index contributed by atoms with van der Waals surface area (Å²) in [5.74, 6) is -4.23. The summed E-state index contributed by atoms with van der Waals surface area (Å²) in [6.45, 7) is 1.83. The van der Waals surface area contributed by atoms with Crippen LogP contribution in [0.25, 0.3) is 11.1 Å². The summed E-state index contributed by atoms with van der Waals surface area (Å²) in [6, 6.07) is 5.65. The van der Waals surface area contributed by atoms with E-state index in [1.165, 1.54) is 12.1 Å². The van der Waals surface area contributed by atoms with Crippen LogP contribution in [0.3, 0.4) is 0 Å². The number of carboxylic acids is 1. The number of nitrogens with one attached hydrogen (secondary N) is 1. The van der Waals surface area contributed by atoms with Gasteiger partial charge in [0.15, 0.2) is 0 Å². The summed E-state index contributed by atoms with van der Waals surface area (Å²) >= 11 is 1.14. The van der Waals surface area contributed by atoms with Crippen LogP contribution in [0.1, 0.15) is 43.0 Å². The maximum atomic E-state index is 13.3. The molecule has 8 heteroatoms. The first-order chi connectivity index (χ1) is 13.9. The molecule has 1 fully saturated rings. The van der Waals surface area contributed by atoms with Gasteiger partial charge in [-0.1, -0.05) is 25.0 Å². The predicted octanol–water partition coefficient (Wildman–Crippen LogP) is 3.23. The van der Waals surface area contributed by atoms with Crippen molar-refractivity contribution in [3.63, 3.8) is 0 Å². The lowest BCUT2D eigenvalue weighted by Gasteiger charge is -2.31. The maximum Gasteiger partial charge on any atom is 0.341 e. The number of hydrogen-bond donors (Lipinski definition) is 1. The summed E-state index contributed by atoms with van der Waals surface area (Å²) in [7, 11) is 0. The van der Waals surface area contributed by atoms with E-state index in [1.54, 1.807) is 24.4 Å². The average molecular weight is 418 g/mol. The minimum Gasteiger partial charge on any atom is -0.550 e. The molecule has 29 heavy (non-hydrogen) atoms. The highest BCUT2D eigenvalue weighted by Gasteiger charge is 2.33. The molecule has 0 saturated heterocycles. The Morgan fingerprint density at radius 3 is 2.45 bits per heavy atom. The molecule has 154 valence electrons. The Labute approximate surface area is 171 Å². The van der Waals surface area contributed by atoms with Crippen molar-refractivity contribution >= 4 is 34.2 Å². The number of rotatable bonds is 6. The van der Waals surface area contributed by atoms with Crippen LogP contribution in [-0.4, -0.2) is 24.5 Å². The molecule has 0 spiro atoms. The summed E-state index contributed by atoms with van der Waals surface area (Å²) in [5.41, 5.74) is 1.30. The first-order valence-electron chi connectivity index (χ1n) is 9.48. The van der Waals surface area contributed by atoms with Gasteiger partial charge >= 0.3 is 5.97 Å². The van der Waals surface area contributed by atoms with Crippen molar-refractivity contribution < 1.29 is 28.6 Å². The molecule has 6 nitrogen and oxygen atoms in total. The molecule has 0 aliphatic heterocycles. The third-order valence-electron chi connectivity index (χ3n) is 5.07. The van der Waals surface area contributed by atoms with Crippen molar-refractivity contribution in [1.82, 2.24) is 0 Å². The van der Waals surface area contributed by atoms with Crippen LogP contribution in [0.2, 0.25) is 0 Å². The van der Waals surface area contributed by atoms with Crippen molar-refractivity contribution in [1.29, 1.82) is 0 Å². The summed E-state index contributed by atoms with van der Waals surface area (Å²) in [5, 5.41) is 16.1. The molecule has 3 rings (SSSR count).